The molecular weight excluding hydrogens is 272 g/mol. The zero-order chi connectivity index (χ0) is 14.5. The van der Waals surface area contributed by atoms with Crippen LogP contribution in [0.3, 0.4) is 0 Å². The summed E-state index contributed by atoms with van der Waals surface area (Å²) in [6.07, 6.45) is 2.66. The van der Waals surface area contributed by atoms with Crippen molar-refractivity contribution in [1.29, 1.82) is 0 Å². The Hall–Kier alpha value is -1.94. The molecule has 0 fully saturated rings. The quantitative estimate of drug-likeness (QED) is 0.691. The van der Waals surface area contributed by atoms with Gasteiger partial charge in [-0.25, -0.2) is 4.79 Å². The van der Waals surface area contributed by atoms with E-state index in [1.165, 1.54) is 18.1 Å². The highest BCUT2D eigenvalue weighted by Crippen LogP contribution is 2.23. The van der Waals surface area contributed by atoms with Crippen molar-refractivity contribution in [1.82, 2.24) is 0 Å². The zero-order valence-corrected chi connectivity index (χ0v) is 12.2. The summed E-state index contributed by atoms with van der Waals surface area (Å²) in [5, 5.41) is 9.99. The second-order valence-electron chi connectivity index (χ2n) is 4.36. The number of hydrogen-bond donors (Lipinski definition) is 1. The Morgan fingerprint density at radius 2 is 1.90 bits per heavy atom. The number of esters is 1. The van der Waals surface area contributed by atoms with Crippen molar-refractivity contribution in [3.63, 3.8) is 0 Å². The number of ether oxygens (including phenoxy) is 1. The van der Waals surface area contributed by atoms with E-state index in [9.17, 15) is 9.90 Å². The predicted octanol–water partition coefficient (Wildman–Crippen LogP) is 3.49. The van der Waals surface area contributed by atoms with Crippen molar-refractivity contribution >= 4 is 17.7 Å². The third kappa shape index (κ3) is 3.33. The lowest BCUT2D eigenvalue weighted by atomic mass is 10.0. The second-order valence-corrected chi connectivity index (χ2v) is 5.24. The molecule has 0 unspecified atom stereocenters. The number of hydrogen-bond acceptors (Lipinski definition) is 4. The third-order valence-corrected chi connectivity index (χ3v) is 3.80. The van der Waals surface area contributed by atoms with E-state index in [2.05, 4.69) is 16.9 Å². The molecule has 2 aromatic carbocycles. The Bertz CT molecular complexity index is 606. The van der Waals surface area contributed by atoms with E-state index in [0.29, 0.717) is 12.0 Å². The van der Waals surface area contributed by atoms with Crippen molar-refractivity contribution in [2.75, 3.05) is 13.4 Å². The van der Waals surface area contributed by atoms with Crippen LogP contribution in [0, 0.1) is 0 Å². The Morgan fingerprint density at radius 3 is 2.45 bits per heavy atom. The van der Waals surface area contributed by atoms with Crippen molar-refractivity contribution in [3.05, 3.63) is 59.2 Å². The van der Waals surface area contributed by atoms with Crippen LogP contribution in [0.5, 0.6) is 5.75 Å². The molecule has 0 atom stereocenters. The molecule has 0 aromatic heterocycles. The monoisotopic (exact) mass is 288 g/mol. The third-order valence-electron chi connectivity index (χ3n) is 3.06. The lowest BCUT2D eigenvalue weighted by Crippen LogP contribution is -2.01. The molecule has 0 saturated heterocycles. The number of phenolic OH excluding ortho intramolecular Hbond substituents is 1. The van der Waals surface area contributed by atoms with E-state index >= 15 is 0 Å². The Kier molecular flexibility index (Phi) is 4.69. The van der Waals surface area contributed by atoms with Gasteiger partial charge in [0.1, 0.15) is 5.75 Å². The van der Waals surface area contributed by atoms with Crippen LogP contribution in [0.2, 0.25) is 0 Å². The van der Waals surface area contributed by atoms with Gasteiger partial charge >= 0.3 is 5.97 Å². The number of aromatic hydroxyl groups is 1. The molecule has 2 rings (SSSR count). The van der Waals surface area contributed by atoms with Crippen molar-refractivity contribution in [2.24, 2.45) is 0 Å². The number of thioether (sulfide) groups is 1. The maximum atomic E-state index is 11.4. The molecule has 0 heterocycles. The average molecular weight is 288 g/mol. The van der Waals surface area contributed by atoms with E-state index in [4.69, 9.17) is 0 Å². The molecule has 3 nitrogen and oxygen atoms in total. The Morgan fingerprint density at radius 1 is 1.20 bits per heavy atom. The molecule has 2 aromatic rings. The van der Waals surface area contributed by atoms with Gasteiger partial charge < -0.3 is 9.84 Å². The summed E-state index contributed by atoms with van der Waals surface area (Å²) in [6, 6.07) is 13.1. The van der Waals surface area contributed by atoms with Crippen LogP contribution in [-0.4, -0.2) is 24.4 Å². The lowest BCUT2D eigenvalue weighted by Gasteiger charge is -2.07. The van der Waals surface area contributed by atoms with Gasteiger partial charge in [0.05, 0.1) is 12.7 Å². The largest absolute Gasteiger partial charge is 0.508 e. The van der Waals surface area contributed by atoms with Gasteiger partial charge in [0, 0.05) is 11.3 Å². The molecule has 104 valence electrons. The Labute approximate surface area is 122 Å². The van der Waals surface area contributed by atoms with Crippen LogP contribution in [0.4, 0.5) is 0 Å². The number of carbonyl (C=O) groups is 1. The van der Waals surface area contributed by atoms with E-state index < -0.39 is 5.97 Å². The van der Waals surface area contributed by atoms with E-state index in [0.717, 1.165) is 11.1 Å². The molecule has 20 heavy (non-hydrogen) atoms. The minimum atomic E-state index is -0.448. The summed E-state index contributed by atoms with van der Waals surface area (Å²) in [5.74, 6) is -0.335. The number of rotatable bonds is 4. The fraction of sp³-hybridized carbons (Fsp3) is 0.188. The molecule has 0 bridgehead atoms. The van der Waals surface area contributed by atoms with E-state index in [-0.39, 0.29) is 5.75 Å². The molecule has 0 radical (unpaired) electrons. The summed E-state index contributed by atoms with van der Waals surface area (Å²) in [7, 11) is 1.32. The standard InChI is InChI=1S/C16H16O3S/c1-19-16(18)13-6-5-12(15(17)10-13)9-11-3-7-14(20-2)8-4-11/h3-8,10,17H,9H2,1-2H3. The fourth-order valence-corrected chi connectivity index (χ4v) is 2.33. The molecule has 0 aliphatic heterocycles. The highest BCUT2D eigenvalue weighted by Gasteiger charge is 2.09. The molecular formula is C16H16O3S. The van der Waals surface area contributed by atoms with Crippen LogP contribution >= 0.6 is 11.8 Å². The first-order valence-electron chi connectivity index (χ1n) is 6.17. The molecule has 0 spiro atoms. The van der Waals surface area contributed by atoms with Crippen LogP contribution in [0.1, 0.15) is 21.5 Å². The maximum absolute atomic E-state index is 11.4. The minimum Gasteiger partial charge on any atom is -0.508 e. The van der Waals surface area contributed by atoms with Gasteiger partial charge in [-0.1, -0.05) is 18.2 Å². The fourth-order valence-electron chi connectivity index (χ4n) is 1.92. The van der Waals surface area contributed by atoms with Gasteiger partial charge in [0.2, 0.25) is 0 Å². The second kappa shape index (κ2) is 6.48. The van der Waals surface area contributed by atoms with Gasteiger partial charge in [0.15, 0.2) is 0 Å². The van der Waals surface area contributed by atoms with E-state index in [1.54, 1.807) is 23.9 Å². The van der Waals surface area contributed by atoms with Gasteiger partial charge in [-0.15, -0.1) is 11.8 Å². The summed E-state index contributed by atoms with van der Waals surface area (Å²) in [5.41, 5.74) is 2.25. The summed E-state index contributed by atoms with van der Waals surface area (Å²) in [6.45, 7) is 0. The van der Waals surface area contributed by atoms with Crippen LogP contribution < -0.4 is 0 Å². The average Bonchev–Trinajstić information content (AvgIpc) is 2.49. The van der Waals surface area contributed by atoms with Gasteiger partial charge in [-0.2, -0.15) is 0 Å². The van der Waals surface area contributed by atoms with Crippen molar-refractivity contribution in [3.8, 4) is 5.75 Å². The van der Waals surface area contributed by atoms with Crippen LogP contribution in [0.15, 0.2) is 47.4 Å². The van der Waals surface area contributed by atoms with Crippen molar-refractivity contribution in [2.45, 2.75) is 11.3 Å². The lowest BCUT2D eigenvalue weighted by molar-refractivity contribution is 0.0600. The number of carbonyl (C=O) groups excluding carboxylic acids is 1. The molecule has 0 aliphatic rings. The summed E-state index contributed by atoms with van der Waals surface area (Å²) in [4.78, 5) is 12.6. The van der Waals surface area contributed by atoms with Gasteiger partial charge in [-0.3, -0.25) is 0 Å². The first-order chi connectivity index (χ1) is 9.63. The summed E-state index contributed by atoms with van der Waals surface area (Å²) < 4.78 is 4.62. The van der Waals surface area contributed by atoms with Gasteiger partial charge in [-0.05, 0) is 41.6 Å². The zero-order valence-electron chi connectivity index (χ0n) is 11.4. The predicted molar refractivity (Wildman–Crippen MR) is 80.5 cm³/mol. The topological polar surface area (TPSA) is 46.5 Å². The number of phenols is 1. The molecule has 0 amide bonds. The van der Waals surface area contributed by atoms with Crippen LogP contribution in [-0.2, 0) is 11.2 Å². The Balaban J connectivity index is 2.18. The molecule has 0 saturated carbocycles. The highest BCUT2D eigenvalue weighted by atomic mass is 32.2. The molecule has 4 heteroatoms. The number of benzene rings is 2. The SMILES string of the molecule is COC(=O)c1ccc(Cc2ccc(SC)cc2)c(O)c1. The minimum absolute atomic E-state index is 0.113. The first kappa shape index (κ1) is 14.5. The smallest absolute Gasteiger partial charge is 0.337 e. The highest BCUT2D eigenvalue weighted by molar-refractivity contribution is 7.98. The van der Waals surface area contributed by atoms with Crippen molar-refractivity contribution < 1.29 is 14.6 Å². The first-order valence-corrected chi connectivity index (χ1v) is 7.39. The van der Waals surface area contributed by atoms with Gasteiger partial charge in [0.25, 0.3) is 0 Å². The molecule has 1 N–H and O–H groups in total. The van der Waals surface area contributed by atoms with E-state index in [1.807, 2.05) is 18.4 Å². The maximum Gasteiger partial charge on any atom is 0.337 e. The molecule has 0 aliphatic carbocycles. The normalized spacial score (nSPS) is 10.3. The number of methoxy groups -OCH3 is 1. The van der Waals surface area contributed by atoms with Crippen LogP contribution in [0.25, 0.3) is 0 Å². The summed E-state index contributed by atoms with van der Waals surface area (Å²) >= 11 is 1.69.